The van der Waals surface area contributed by atoms with Gasteiger partial charge in [0.1, 0.15) is 4.83 Å². The molecule has 3 aromatic heterocycles. The Labute approximate surface area is 152 Å². The van der Waals surface area contributed by atoms with Crippen LogP contribution in [0.2, 0.25) is 0 Å². The van der Waals surface area contributed by atoms with E-state index in [4.69, 9.17) is 0 Å². The van der Waals surface area contributed by atoms with Gasteiger partial charge in [-0.1, -0.05) is 17.8 Å². The second-order valence-corrected chi connectivity index (χ2v) is 7.84. The maximum absolute atomic E-state index is 12.4. The Hall–Kier alpha value is -2.19. The van der Waals surface area contributed by atoms with E-state index in [1.807, 2.05) is 18.2 Å². The van der Waals surface area contributed by atoms with Crippen molar-refractivity contribution in [2.24, 2.45) is 0 Å². The second kappa shape index (κ2) is 6.97. The number of nitrogens with one attached hydrogen (secondary N) is 2. The van der Waals surface area contributed by atoms with Gasteiger partial charge in [0.15, 0.2) is 5.16 Å². The summed E-state index contributed by atoms with van der Waals surface area (Å²) in [5, 5.41) is 4.04. The standard InChI is InChI=1S/C17H16N4O2S2/c22-13(19-8-10-4-1-2-7-18-10)9-24-17-20-15(23)14-11-5-3-6-12(11)25-16(14)21-17/h1-2,4,7H,3,5-6,8-9H2,(H,19,22)(H,20,21,23). The highest BCUT2D eigenvalue weighted by Crippen LogP contribution is 2.34. The molecule has 0 saturated heterocycles. The van der Waals surface area contributed by atoms with Crippen molar-refractivity contribution in [1.82, 2.24) is 20.3 Å². The number of nitrogens with zero attached hydrogens (tertiary/aromatic N) is 2. The van der Waals surface area contributed by atoms with Crippen molar-refractivity contribution >= 4 is 39.2 Å². The van der Waals surface area contributed by atoms with Crippen LogP contribution in [0, 0.1) is 0 Å². The van der Waals surface area contributed by atoms with Crippen LogP contribution in [0.15, 0.2) is 34.3 Å². The van der Waals surface area contributed by atoms with Gasteiger partial charge in [0.25, 0.3) is 5.56 Å². The molecule has 0 bridgehead atoms. The normalized spacial score (nSPS) is 13.1. The SMILES string of the molecule is O=C(CSc1nc2sc3c(c2c(=O)[nH]1)CCC3)NCc1ccccn1. The molecular formula is C17H16N4O2S2. The van der Waals surface area contributed by atoms with Crippen LogP contribution in [0.1, 0.15) is 22.6 Å². The van der Waals surface area contributed by atoms with Crippen LogP contribution in [0.3, 0.4) is 0 Å². The van der Waals surface area contributed by atoms with Crippen molar-refractivity contribution in [2.75, 3.05) is 5.75 Å². The van der Waals surface area contributed by atoms with Crippen LogP contribution in [-0.4, -0.2) is 26.6 Å². The van der Waals surface area contributed by atoms with Crippen molar-refractivity contribution in [3.63, 3.8) is 0 Å². The number of hydrogen-bond acceptors (Lipinski definition) is 6. The fraction of sp³-hybridized carbons (Fsp3) is 0.294. The Kier molecular flexibility index (Phi) is 4.54. The molecule has 0 unspecified atom stereocenters. The van der Waals surface area contributed by atoms with E-state index in [1.165, 1.54) is 22.2 Å². The average Bonchev–Trinajstić information content (AvgIpc) is 3.19. The van der Waals surface area contributed by atoms with Gasteiger partial charge in [-0.25, -0.2) is 4.98 Å². The van der Waals surface area contributed by atoms with Gasteiger partial charge >= 0.3 is 0 Å². The number of fused-ring (bicyclic) bond motifs is 3. The van der Waals surface area contributed by atoms with Crippen LogP contribution in [0.4, 0.5) is 0 Å². The number of thioether (sulfide) groups is 1. The molecule has 4 rings (SSSR count). The molecule has 1 aliphatic rings. The number of pyridine rings is 1. The number of H-pyrrole nitrogens is 1. The Bertz CT molecular complexity index is 981. The summed E-state index contributed by atoms with van der Waals surface area (Å²) in [5.41, 5.74) is 1.88. The Morgan fingerprint density at radius 2 is 2.28 bits per heavy atom. The van der Waals surface area contributed by atoms with Gasteiger partial charge in [-0.05, 0) is 37.0 Å². The van der Waals surface area contributed by atoms with Gasteiger partial charge < -0.3 is 10.3 Å². The molecule has 1 amide bonds. The lowest BCUT2D eigenvalue weighted by Gasteiger charge is -2.04. The summed E-state index contributed by atoms with van der Waals surface area (Å²) in [6.07, 6.45) is 4.80. The highest BCUT2D eigenvalue weighted by molar-refractivity contribution is 7.99. The lowest BCUT2D eigenvalue weighted by Crippen LogP contribution is -2.25. The van der Waals surface area contributed by atoms with E-state index < -0.39 is 0 Å². The first-order chi connectivity index (χ1) is 12.2. The summed E-state index contributed by atoms with van der Waals surface area (Å²) in [6, 6.07) is 5.57. The second-order valence-electron chi connectivity index (χ2n) is 5.80. The van der Waals surface area contributed by atoms with Crippen molar-refractivity contribution in [3.8, 4) is 0 Å². The fourth-order valence-corrected chi connectivity index (χ4v) is 4.94. The Balaban J connectivity index is 1.41. The van der Waals surface area contributed by atoms with Gasteiger partial charge in [-0.2, -0.15) is 0 Å². The first-order valence-corrected chi connectivity index (χ1v) is 9.85. The van der Waals surface area contributed by atoms with Crippen molar-refractivity contribution < 1.29 is 4.79 Å². The van der Waals surface area contributed by atoms with Crippen LogP contribution in [0.25, 0.3) is 10.2 Å². The molecule has 0 spiro atoms. The van der Waals surface area contributed by atoms with E-state index >= 15 is 0 Å². The third-order valence-corrected chi connectivity index (χ3v) is 6.15. The van der Waals surface area contributed by atoms with E-state index in [2.05, 4.69) is 20.3 Å². The Morgan fingerprint density at radius 3 is 3.12 bits per heavy atom. The monoisotopic (exact) mass is 372 g/mol. The number of aromatic nitrogens is 3. The number of rotatable bonds is 5. The summed E-state index contributed by atoms with van der Waals surface area (Å²) in [6.45, 7) is 0.390. The minimum absolute atomic E-state index is 0.0965. The van der Waals surface area contributed by atoms with Crippen LogP contribution in [0.5, 0.6) is 0 Å². The van der Waals surface area contributed by atoms with E-state index in [0.29, 0.717) is 11.7 Å². The highest BCUT2D eigenvalue weighted by atomic mass is 32.2. The summed E-state index contributed by atoms with van der Waals surface area (Å²) in [5.74, 6) is 0.0823. The van der Waals surface area contributed by atoms with Gasteiger partial charge in [0, 0.05) is 11.1 Å². The van der Waals surface area contributed by atoms with Gasteiger partial charge in [0.05, 0.1) is 23.4 Å². The number of amides is 1. The average molecular weight is 372 g/mol. The summed E-state index contributed by atoms with van der Waals surface area (Å²) in [4.78, 5) is 37.9. The molecular weight excluding hydrogens is 356 g/mol. The molecule has 2 N–H and O–H groups in total. The summed E-state index contributed by atoms with van der Waals surface area (Å²) < 4.78 is 0. The summed E-state index contributed by atoms with van der Waals surface area (Å²) in [7, 11) is 0. The van der Waals surface area contributed by atoms with Crippen LogP contribution >= 0.6 is 23.1 Å². The maximum atomic E-state index is 12.4. The smallest absolute Gasteiger partial charge is 0.260 e. The third kappa shape index (κ3) is 3.45. The zero-order chi connectivity index (χ0) is 17.2. The fourth-order valence-electron chi connectivity index (χ4n) is 2.93. The highest BCUT2D eigenvalue weighted by Gasteiger charge is 2.21. The summed E-state index contributed by atoms with van der Waals surface area (Å²) >= 11 is 2.84. The number of thiophene rings is 1. The Morgan fingerprint density at radius 1 is 1.36 bits per heavy atom. The molecule has 1 aliphatic carbocycles. The molecule has 0 radical (unpaired) electrons. The van der Waals surface area contributed by atoms with E-state index in [1.54, 1.807) is 17.5 Å². The van der Waals surface area contributed by atoms with Crippen LogP contribution < -0.4 is 10.9 Å². The van der Waals surface area contributed by atoms with E-state index in [9.17, 15) is 9.59 Å². The molecule has 0 aliphatic heterocycles. The molecule has 0 atom stereocenters. The largest absolute Gasteiger partial charge is 0.350 e. The number of carbonyl (C=O) groups excluding carboxylic acids is 1. The van der Waals surface area contributed by atoms with Gasteiger partial charge in [-0.3, -0.25) is 14.6 Å². The van der Waals surface area contributed by atoms with E-state index in [0.717, 1.165) is 35.2 Å². The quantitative estimate of drug-likeness (QED) is 0.530. The predicted molar refractivity (Wildman–Crippen MR) is 99.1 cm³/mol. The number of aromatic amines is 1. The molecule has 0 saturated carbocycles. The number of hydrogen-bond donors (Lipinski definition) is 2. The molecule has 3 aromatic rings. The predicted octanol–water partition coefficient (Wildman–Crippen LogP) is 2.28. The lowest BCUT2D eigenvalue weighted by molar-refractivity contribution is -0.118. The van der Waals surface area contributed by atoms with E-state index in [-0.39, 0.29) is 17.2 Å². The number of aryl methyl sites for hydroxylation is 2. The molecule has 25 heavy (non-hydrogen) atoms. The van der Waals surface area contributed by atoms with Gasteiger partial charge in [-0.15, -0.1) is 11.3 Å². The molecule has 6 nitrogen and oxygen atoms in total. The van der Waals surface area contributed by atoms with Gasteiger partial charge in [0.2, 0.25) is 5.91 Å². The topological polar surface area (TPSA) is 87.7 Å². The van der Waals surface area contributed by atoms with Crippen molar-refractivity contribution in [2.45, 2.75) is 31.0 Å². The lowest BCUT2D eigenvalue weighted by atomic mass is 10.2. The first kappa shape index (κ1) is 16.3. The van der Waals surface area contributed by atoms with Crippen molar-refractivity contribution in [1.29, 1.82) is 0 Å². The molecule has 0 aromatic carbocycles. The minimum Gasteiger partial charge on any atom is -0.350 e. The zero-order valence-corrected chi connectivity index (χ0v) is 15.0. The third-order valence-electron chi connectivity index (χ3n) is 4.09. The number of carbonyl (C=O) groups is 1. The zero-order valence-electron chi connectivity index (χ0n) is 13.4. The molecule has 0 fully saturated rings. The van der Waals surface area contributed by atoms with Crippen LogP contribution in [-0.2, 0) is 24.2 Å². The molecule has 3 heterocycles. The molecule has 128 valence electrons. The minimum atomic E-state index is -0.118. The first-order valence-electron chi connectivity index (χ1n) is 8.04. The van der Waals surface area contributed by atoms with Crippen molar-refractivity contribution in [3.05, 3.63) is 50.9 Å². The molecule has 8 heteroatoms. The maximum Gasteiger partial charge on any atom is 0.260 e.